The highest BCUT2D eigenvalue weighted by Gasteiger charge is 2.25. The zero-order valence-corrected chi connectivity index (χ0v) is 14.4. The van der Waals surface area contributed by atoms with E-state index in [1.165, 1.54) is 32.4 Å². The van der Waals surface area contributed by atoms with Crippen molar-refractivity contribution in [3.05, 3.63) is 18.0 Å². The fraction of sp³-hybridized carbons (Fsp3) is 0.706. The first kappa shape index (κ1) is 15.8. The molecule has 0 amide bonds. The SMILES string of the molecule is Cc1nnc2ccc(N3CC[C@@H](OCCN4CCCCC4)C3)nn12. The molecule has 0 aromatic carbocycles. The largest absolute Gasteiger partial charge is 0.375 e. The minimum atomic E-state index is 0.314. The molecular formula is C17H26N6O. The predicted octanol–water partition coefficient (Wildman–Crippen LogP) is 1.51. The van der Waals surface area contributed by atoms with Gasteiger partial charge in [-0.1, -0.05) is 6.42 Å². The highest BCUT2D eigenvalue weighted by molar-refractivity contribution is 5.46. The van der Waals surface area contributed by atoms with Gasteiger partial charge in [-0.3, -0.25) is 0 Å². The average molecular weight is 330 g/mol. The Bertz CT molecular complexity index is 681. The number of aromatic nitrogens is 4. The summed E-state index contributed by atoms with van der Waals surface area (Å²) >= 11 is 0. The summed E-state index contributed by atoms with van der Waals surface area (Å²) in [5.74, 6) is 1.80. The first-order valence-electron chi connectivity index (χ1n) is 9.07. The maximum absolute atomic E-state index is 6.11. The summed E-state index contributed by atoms with van der Waals surface area (Å²) in [7, 11) is 0. The van der Waals surface area contributed by atoms with Crippen LogP contribution >= 0.6 is 0 Å². The standard InChI is InChI=1S/C17H26N6O/c1-14-18-19-16-5-6-17(20-23(14)16)22-10-7-15(13-22)24-12-11-21-8-3-2-4-9-21/h5-6,15H,2-4,7-13H2,1H3/t15-/m1/s1. The Hall–Kier alpha value is -1.73. The van der Waals surface area contributed by atoms with Gasteiger partial charge in [0.2, 0.25) is 0 Å². The molecule has 24 heavy (non-hydrogen) atoms. The molecule has 0 radical (unpaired) electrons. The maximum Gasteiger partial charge on any atom is 0.178 e. The van der Waals surface area contributed by atoms with Crippen molar-refractivity contribution >= 4 is 11.5 Å². The van der Waals surface area contributed by atoms with E-state index < -0.39 is 0 Å². The Morgan fingerprint density at radius 2 is 2.00 bits per heavy atom. The molecule has 2 aromatic heterocycles. The molecule has 2 aromatic rings. The molecule has 2 fully saturated rings. The van der Waals surface area contributed by atoms with Gasteiger partial charge in [0.25, 0.3) is 0 Å². The smallest absolute Gasteiger partial charge is 0.178 e. The number of aryl methyl sites for hydroxylation is 1. The fourth-order valence-electron chi connectivity index (χ4n) is 3.66. The van der Waals surface area contributed by atoms with Crippen molar-refractivity contribution in [2.24, 2.45) is 0 Å². The highest BCUT2D eigenvalue weighted by atomic mass is 16.5. The quantitative estimate of drug-likeness (QED) is 0.828. The van der Waals surface area contributed by atoms with Crippen LogP contribution in [0.25, 0.3) is 5.65 Å². The van der Waals surface area contributed by atoms with Crippen molar-refractivity contribution in [3.63, 3.8) is 0 Å². The second-order valence-electron chi connectivity index (χ2n) is 6.84. The predicted molar refractivity (Wildman–Crippen MR) is 92.4 cm³/mol. The van der Waals surface area contributed by atoms with Crippen LogP contribution in [0.2, 0.25) is 0 Å². The third-order valence-electron chi connectivity index (χ3n) is 5.08. The van der Waals surface area contributed by atoms with Crippen LogP contribution in [-0.4, -0.2) is 70.1 Å². The molecule has 4 heterocycles. The molecule has 0 aliphatic carbocycles. The normalized spacial score (nSPS) is 22.5. The number of rotatable bonds is 5. The Kier molecular flexibility index (Phi) is 4.62. The van der Waals surface area contributed by atoms with Crippen molar-refractivity contribution < 1.29 is 4.74 Å². The van der Waals surface area contributed by atoms with E-state index in [0.717, 1.165) is 50.0 Å². The maximum atomic E-state index is 6.11. The molecule has 0 spiro atoms. The first-order valence-corrected chi connectivity index (χ1v) is 9.07. The summed E-state index contributed by atoms with van der Waals surface area (Å²) in [5.41, 5.74) is 0.796. The van der Waals surface area contributed by atoms with Gasteiger partial charge in [0.15, 0.2) is 11.5 Å². The van der Waals surface area contributed by atoms with Gasteiger partial charge in [-0.15, -0.1) is 15.3 Å². The number of hydrogen-bond donors (Lipinski definition) is 0. The van der Waals surface area contributed by atoms with Gasteiger partial charge in [-0.25, -0.2) is 0 Å². The lowest BCUT2D eigenvalue weighted by molar-refractivity contribution is 0.0467. The molecular weight excluding hydrogens is 304 g/mol. The van der Waals surface area contributed by atoms with Crippen LogP contribution in [0, 0.1) is 6.92 Å². The molecule has 2 aliphatic heterocycles. The van der Waals surface area contributed by atoms with Crippen molar-refractivity contribution in [3.8, 4) is 0 Å². The molecule has 0 unspecified atom stereocenters. The number of ether oxygens (including phenoxy) is 1. The molecule has 130 valence electrons. The van der Waals surface area contributed by atoms with E-state index >= 15 is 0 Å². The zero-order valence-electron chi connectivity index (χ0n) is 14.4. The van der Waals surface area contributed by atoms with Gasteiger partial charge >= 0.3 is 0 Å². The third kappa shape index (κ3) is 3.37. The molecule has 4 rings (SSSR count). The van der Waals surface area contributed by atoms with E-state index in [2.05, 4.69) is 25.1 Å². The van der Waals surface area contributed by atoms with Crippen LogP contribution in [0.5, 0.6) is 0 Å². The average Bonchev–Trinajstić information content (AvgIpc) is 3.23. The monoisotopic (exact) mass is 330 g/mol. The topological polar surface area (TPSA) is 58.8 Å². The first-order chi connectivity index (χ1) is 11.8. The molecule has 0 bridgehead atoms. The Morgan fingerprint density at radius 3 is 2.88 bits per heavy atom. The van der Waals surface area contributed by atoms with Crippen LogP contribution in [0.3, 0.4) is 0 Å². The summed E-state index contributed by atoms with van der Waals surface area (Å²) in [6.45, 7) is 8.22. The Labute approximate surface area is 142 Å². The highest BCUT2D eigenvalue weighted by Crippen LogP contribution is 2.20. The minimum Gasteiger partial charge on any atom is -0.375 e. The molecule has 7 heteroatoms. The van der Waals surface area contributed by atoms with E-state index in [-0.39, 0.29) is 0 Å². The third-order valence-corrected chi connectivity index (χ3v) is 5.08. The van der Waals surface area contributed by atoms with Crippen molar-refractivity contribution in [1.82, 2.24) is 24.7 Å². The lowest BCUT2D eigenvalue weighted by Gasteiger charge is -2.26. The van der Waals surface area contributed by atoms with Crippen LogP contribution in [0.15, 0.2) is 12.1 Å². The minimum absolute atomic E-state index is 0.314. The number of piperidine rings is 1. The summed E-state index contributed by atoms with van der Waals surface area (Å²) in [6.07, 6.45) is 5.45. The number of nitrogens with zero attached hydrogens (tertiary/aromatic N) is 6. The summed E-state index contributed by atoms with van der Waals surface area (Å²) in [5, 5.41) is 12.8. The number of hydrogen-bond acceptors (Lipinski definition) is 6. The number of fused-ring (bicyclic) bond motifs is 1. The second-order valence-corrected chi connectivity index (χ2v) is 6.84. The van der Waals surface area contributed by atoms with Gasteiger partial charge in [0, 0.05) is 19.6 Å². The summed E-state index contributed by atoms with van der Waals surface area (Å²) in [6, 6.07) is 4.01. The van der Waals surface area contributed by atoms with E-state index in [4.69, 9.17) is 4.74 Å². The molecule has 2 aliphatic rings. The van der Waals surface area contributed by atoms with Crippen LogP contribution in [0.4, 0.5) is 5.82 Å². The summed E-state index contributed by atoms with van der Waals surface area (Å²) < 4.78 is 7.92. The van der Waals surface area contributed by atoms with Crippen molar-refractivity contribution in [2.75, 3.05) is 44.2 Å². The molecule has 0 saturated carbocycles. The number of anilines is 1. The Balaban J connectivity index is 1.29. The molecule has 7 nitrogen and oxygen atoms in total. The van der Waals surface area contributed by atoms with Gasteiger partial charge in [-0.05, 0) is 51.4 Å². The number of likely N-dealkylation sites (tertiary alicyclic amines) is 1. The van der Waals surface area contributed by atoms with E-state index in [1.807, 2.05) is 19.1 Å². The molecule has 0 N–H and O–H groups in total. The van der Waals surface area contributed by atoms with Crippen molar-refractivity contribution in [1.29, 1.82) is 0 Å². The Morgan fingerprint density at radius 1 is 1.12 bits per heavy atom. The van der Waals surface area contributed by atoms with Gasteiger partial charge in [0.1, 0.15) is 5.82 Å². The fourth-order valence-corrected chi connectivity index (χ4v) is 3.66. The van der Waals surface area contributed by atoms with E-state index in [0.29, 0.717) is 6.10 Å². The zero-order chi connectivity index (χ0) is 16.4. The van der Waals surface area contributed by atoms with E-state index in [1.54, 1.807) is 4.52 Å². The van der Waals surface area contributed by atoms with Gasteiger partial charge in [0.05, 0.1) is 12.7 Å². The lowest BCUT2D eigenvalue weighted by Crippen LogP contribution is -2.34. The van der Waals surface area contributed by atoms with Gasteiger partial charge in [-0.2, -0.15) is 4.52 Å². The van der Waals surface area contributed by atoms with E-state index in [9.17, 15) is 0 Å². The molecule has 2 saturated heterocycles. The summed E-state index contributed by atoms with van der Waals surface area (Å²) in [4.78, 5) is 4.82. The molecule has 1 atom stereocenters. The van der Waals surface area contributed by atoms with Crippen LogP contribution < -0.4 is 4.90 Å². The van der Waals surface area contributed by atoms with Crippen LogP contribution in [-0.2, 0) is 4.74 Å². The second kappa shape index (κ2) is 7.03. The lowest BCUT2D eigenvalue weighted by atomic mass is 10.1. The van der Waals surface area contributed by atoms with Crippen LogP contribution in [0.1, 0.15) is 31.5 Å². The van der Waals surface area contributed by atoms with Gasteiger partial charge < -0.3 is 14.5 Å². The van der Waals surface area contributed by atoms with Crippen molar-refractivity contribution in [2.45, 2.75) is 38.7 Å².